The molecule has 146 valence electrons. The lowest BCUT2D eigenvalue weighted by Crippen LogP contribution is -2.41. The number of hydrogen-bond acceptors (Lipinski definition) is 5. The van der Waals surface area contributed by atoms with E-state index in [1.165, 1.54) is 7.11 Å². The number of rotatable bonds is 10. The molecule has 0 saturated heterocycles. The van der Waals surface area contributed by atoms with E-state index in [4.69, 9.17) is 14.2 Å². The molecule has 0 fully saturated rings. The molecule has 1 N–H and O–H groups in total. The fraction of sp³-hybridized carbons (Fsp3) is 0.600. The van der Waals surface area contributed by atoms with Gasteiger partial charge in [0.05, 0.1) is 13.2 Å². The van der Waals surface area contributed by atoms with Crippen molar-refractivity contribution in [2.24, 2.45) is 5.92 Å². The Morgan fingerprint density at radius 3 is 2.46 bits per heavy atom. The minimum atomic E-state index is -0.925. The monoisotopic (exact) mass is 365 g/mol. The molecule has 1 aromatic carbocycles. The normalized spacial score (nSPS) is 13.2. The standard InChI is InChI=1S/C20H31NO5/c1-7-11-20(5,24-6)19(23)21-15-9-10-17(26-13-14(3)4)16(12-15)18(22)25-8-2/h9-10,12,14H,7-8,11,13H2,1-6H3,(H,21,23)/t20-/m1/s1. The Balaban J connectivity index is 3.07. The van der Waals surface area contributed by atoms with E-state index in [-0.39, 0.29) is 12.5 Å². The van der Waals surface area contributed by atoms with Gasteiger partial charge in [-0.1, -0.05) is 27.2 Å². The van der Waals surface area contributed by atoms with E-state index in [0.717, 1.165) is 6.42 Å². The molecule has 1 rings (SSSR count). The molecule has 1 aromatic rings. The first-order valence-electron chi connectivity index (χ1n) is 9.07. The highest BCUT2D eigenvalue weighted by atomic mass is 16.5. The average molecular weight is 365 g/mol. The van der Waals surface area contributed by atoms with Crippen LogP contribution >= 0.6 is 0 Å². The van der Waals surface area contributed by atoms with Gasteiger partial charge in [0.25, 0.3) is 5.91 Å². The Morgan fingerprint density at radius 2 is 1.92 bits per heavy atom. The summed E-state index contributed by atoms with van der Waals surface area (Å²) in [7, 11) is 1.52. The van der Waals surface area contributed by atoms with Gasteiger partial charge in [-0.15, -0.1) is 0 Å². The first-order chi connectivity index (χ1) is 12.3. The van der Waals surface area contributed by atoms with Crippen LogP contribution in [0, 0.1) is 5.92 Å². The van der Waals surface area contributed by atoms with Crippen LogP contribution in [0.4, 0.5) is 5.69 Å². The first-order valence-corrected chi connectivity index (χ1v) is 9.07. The molecule has 0 spiro atoms. The van der Waals surface area contributed by atoms with Crippen LogP contribution in [0.2, 0.25) is 0 Å². The third-order valence-corrected chi connectivity index (χ3v) is 3.96. The number of ether oxygens (including phenoxy) is 3. The topological polar surface area (TPSA) is 73.9 Å². The number of esters is 1. The number of anilines is 1. The zero-order chi connectivity index (χ0) is 19.7. The van der Waals surface area contributed by atoms with Crippen LogP contribution in [-0.2, 0) is 14.3 Å². The minimum absolute atomic E-state index is 0.257. The zero-order valence-corrected chi connectivity index (χ0v) is 16.7. The molecule has 0 aromatic heterocycles. The van der Waals surface area contributed by atoms with Crippen molar-refractivity contribution in [3.63, 3.8) is 0 Å². The number of hydrogen-bond donors (Lipinski definition) is 1. The number of nitrogens with one attached hydrogen (secondary N) is 1. The Kier molecular flexibility index (Phi) is 8.58. The molecule has 1 amide bonds. The molecule has 0 aliphatic rings. The second kappa shape index (κ2) is 10.2. The van der Waals surface area contributed by atoms with Crippen molar-refractivity contribution in [2.75, 3.05) is 25.6 Å². The molecule has 0 unspecified atom stereocenters. The molecule has 26 heavy (non-hydrogen) atoms. The van der Waals surface area contributed by atoms with Crippen molar-refractivity contribution in [1.82, 2.24) is 0 Å². The molecule has 1 atom stereocenters. The second-order valence-electron chi connectivity index (χ2n) is 6.78. The summed E-state index contributed by atoms with van der Waals surface area (Å²) in [6, 6.07) is 4.96. The maximum atomic E-state index is 12.6. The summed E-state index contributed by atoms with van der Waals surface area (Å²) in [5.41, 5.74) is -0.139. The Labute approximate surface area is 156 Å². The molecule has 0 saturated carbocycles. The molecule has 0 radical (unpaired) electrons. The molecular weight excluding hydrogens is 334 g/mol. The summed E-state index contributed by atoms with van der Waals surface area (Å²) in [6.07, 6.45) is 1.41. The lowest BCUT2D eigenvalue weighted by atomic mass is 9.99. The van der Waals surface area contributed by atoms with E-state index in [2.05, 4.69) is 5.32 Å². The number of methoxy groups -OCH3 is 1. The highest BCUT2D eigenvalue weighted by molar-refractivity contribution is 5.99. The van der Waals surface area contributed by atoms with E-state index in [1.54, 1.807) is 32.0 Å². The number of carbonyl (C=O) groups excluding carboxylic acids is 2. The van der Waals surface area contributed by atoms with Gasteiger partial charge in [0.15, 0.2) is 0 Å². The predicted octanol–water partition coefficient (Wildman–Crippen LogP) is 4.04. The van der Waals surface area contributed by atoms with Gasteiger partial charge >= 0.3 is 5.97 Å². The molecule has 0 bridgehead atoms. The largest absolute Gasteiger partial charge is 0.492 e. The van der Waals surface area contributed by atoms with Gasteiger partial charge in [0.2, 0.25) is 0 Å². The average Bonchev–Trinajstić information content (AvgIpc) is 2.60. The van der Waals surface area contributed by atoms with E-state index >= 15 is 0 Å². The van der Waals surface area contributed by atoms with Crippen molar-refractivity contribution in [3.05, 3.63) is 23.8 Å². The minimum Gasteiger partial charge on any atom is -0.492 e. The van der Waals surface area contributed by atoms with E-state index in [0.29, 0.717) is 35.9 Å². The first kappa shape index (κ1) is 22.0. The Bertz CT molecular complexity index is 614. The van der Waals surface area contributed by atoms with Crippen LogP contribution in [0.3, 0.4) is 0 Å². The third kappa shape index (κ3) is 6.02. The summed E-state index contributed by atoms with van der Waals surface area (Å²) < 4.78 is 16.2. The fourth-order valence-corrected chi connectivity index (χ4v) is 2.41. The summed E-state index contributed by atoms with van der Waals surface area (Å²) in [6.45, 7) is 10.3. The maximum Gasteiger partial charge on any atom is 0.341 e. The van der Waals surface area contributed by atoms with E-state index in [1.807, 2.05) is 20.8 Å². The maximum absolute atomic E-state index is 12.6. The quantitative estimate of drug-likeness (QED) is 0.633. The molecular formula is C20H31NO5. The van der Waals surface area contributed by atoms with Gasteiger partial charge in [-0.2, -0.15) is 0 Å². The molecule has 0 heterocycles. The number of benzene rings is 1. The van der Waals surface area contributed by atoms with Gasteiger partial charge in [0.1, 0.15) is 16.9 Å². The van der Waals surface area contributed by atoms with Gasteiger partial charge in [-0.05, 0) is 44.4 Å². The van der Waals surface area contributed by atoms with Crippen molar-refractivity contribution in [1.29, 1.82) is 0 Å². The van der Waals surface area contributed by atoms with E-state index < -0.39 is 11.6 Å². The van der Waals surface area contributed by atoms with Crippen LogP contribution in [-0.4, -0.2) is 37.8 Å². The van der Waals surface area contributed by atoms with Crippen molar-refractivity contribution < 1.29 is 23.8 Å². The van der Waals surface area contributed by atoms with Gasteiger partial charge in [-0.25, -0.2) is 4.79 Å². The highest BCUT2D eigenvalue weighted by Crippen LogP contribution is 2.26. The lowest BCUT2D eigenvalue weighted by Gasteiger charge is -2.26. The lowest BCUT2D eigenvalue weighted by molar-refractivity contribution is -0.136. The predicted molar refractivity (Wildman–Crippen MR) is 102 cm³/mol. The summed E-state index contributed by atoms with van der Waals surface area (Å²) in [4.78, 5) is 24.8. The summed E-state index contributed by atoms with van der Waals surface area (Å²) in [5.74, 6) is 0.0250. The van der Waals surface area contributed by atoms with Crippen LogP contribution in [0.5, 0.6) is 5.75 Å². The van der Waals surface area contributed by atoms with Gasteiger partial charge in [-0.3, -0.25) is 4.79 Å². The smallest absolute Gasteiger partial charge is 0.341 e. The van der Waals surface area contributed by atoms with Crippen LogP contribution in [0.25, 0.3) is 0 Å². The number of carbonyl (C=O) groups is 2. The highest BCUT2D eigenvalue weighted by Gasteiger charge is 2.32. The number of amides is 1. The summed E-state index contributed by atoms with van der Waals surface area (Å²) in [5, 5.41) is 2.82. The second-order valence-corrected chi connectivity index (χ2v) is 6.78. The van der Waals surface area contributed by atoms with Crippen molar-refractivity contribution >= 4 is 17.6 Å². The van der Waals surface area contributed by atoms with Crippen LogP contribution in [0.1, 0.15) is 57.8 Å². The molecule has 6 heteroatoms. The summed E-state index contributed by atoms with van der Waals surface area (Å²) >= 11 is 0. The molecule has 6 nitrogen and oxygen atoms in total. The van der Waals surface area contributed by atoms with Gasteiger partial charge < -0.3 is 19.5 Å². The molecule has 0 aliphatic heterocycles. The Morgan fingerprint density at radius 1 is 1.23 bits per heavy atom. The van der Waals surface area contributed by atoms with Crippen LogP contribution < -0.4 is 10.1 Å². The third-order valence-electron chi connectivity index (χ3n) is 3.96. The zero-order valence-electron chi connectivity index (χ0n) is 16.7. The van der Waals surface area contributed by atoms with Crippen LogP contribution in [0.15, 0.2) is 18.2 Å². The molecule has 0 aliphatic carbocycles. The van der Waals surface area contributed by atoms with E-state index in [9.17, 15) is 9.59 Å². The fourth-order valence-electron chi connectivity index (χ4n) is 2.41. The van der Waals surface area contributed by atoms with Crippen molar-refractivity contribution in [3.8, 4) is 5.75 Å². The van der Waals surface area contributed by atoms with Crippen molar-refractivity contribution in [2.45, 2.75) is 53.1 Å². The SMILES string of the molecule is CCC[C@@](C)(OC)C(=O)Nc1ccc(OCC(C)C)c(C(=O)OCC)c1. The Hall–Kier alpha value is -2.08. The van der Waals surface area contributed by atoms with Gasteiger partial charge in [0, 0.05) is 12.8 Å².